The van der Waals surface area contributed by atoms with Crippen LogP contribution >= 0.6 is 0 Å². The van der Waals surface area contributed by atoms with Gasteiger partial charge in [0.1, 0.15) is 0 Å². The van der Waals surface area contributed by atoms with Gasteiger partial charge in [-0.1, -0.05) is 51.9 Å². The van der Waals surface area contributed by atoms with Crippen LogP contribution in [0.5, 0.6) is 11.9 Å². The summed E-state index contributed by atoms with van der Waals surface area (Å²) < 4.78 is 18.5. The third kappa shape index (κ3) is 13.4. The molecule has 0 atom stereocenters. The fourth-order valence-electron chi connectivity index (χ4n) is 3.56. The van der Waals surface area contributed by atoms with Crippen LogP contribution in [-0.2, 0) is 6.42 Å². The highest BCUT2D eigenvalue weighted by Crippen LogP contribution is 2.38. The number of hydrogen-bond donors (Lipinski definition) is 0. The third-order valence-electron chi connectivity index (χ3n) is 5.25. The molecule has 5 heteroatoms. The predicted molar refractivity (Wildman–Crippen MR) is 144 cm³/mol. The van der Waals surface area contributed by atoms with Crippen LogP contribution in [0.15, 0.2) is 4.42 Å². The quantitative estimate of drug-likeness (QED) is 0.135. The highest BCUT2D eigenvalue weighted by molar-refractivity contribution is 6.70. The third-order valence-corrected chi connectivity index (χ3v) is 6.84. The molecule has 0 bridgehead atoms. The van der Waals surface area contributed by atoms with E-state index < -0.39 is 16.6 Å². The Balaban J connectivity index is 2.37. The summed E-state index contributed by atoms with van der Waals surface area (Å²) in [7, 11) is -3.46. The van der Waals surface area contributed by atoms with Gasteiger partial charge in [-0.2, -0.15) is 0 Å². The Morgan fingerprint density at radius 2 is 1.12 bits per heavy atom. The van der Waals surface area contributed by atoms with E-state index in [1.807, 2.05) is 0 Å². The smallest absolute Gasteiger partial charge is 0.277 e. The van der Waals surface area contributed by atoms with Crippen molar-refractivity contribution in [3.05, 3.63) is 11.1 Å². The summed E-state index contributed by atoms with van der Waals surface area (Å²) in [5.41, 5.74) is 2.33. The van der Waals surface area contributed by atoms with Gasteiger partial charge in [0.2, 0.25) is 16.6 Å². The van der Waals surface area contributed by atoms with E-state index >= 15 is 0 Å². The molecule has 0 aliphatic rings. The first-order valence-corrected chi connectivity index (χ1v) is 19.8. The van der Waals surface area contributed by atoms with Gasteiger partial charge >= 0.3 is 0 Å². The molecule has 1 aromatic rings. The summed E-state index contributed by atoms with van der Waals surface area (Å²) in [6.07, 6.45) is 16.0. The normalized spacial score (nSPS) is 11.9. The molecule has 1 heterocycles. The molecule has 0 spiro atoms. The molecule has 0 amide bonds. The Kier molecular flexibility index (Phi) is 13.5. The van der Waals surface area contributed by atoms with Crippen molar-refractivity contribution in [2.75, 3.05) is 0 Å². The summed E-state index contributed by atoms with van der Waals surface area (Å²) in [5.74, 6) is 8.12. The fourth-order valence-corrected chi connectivity index (χ4v) is 5.04. The zero-order valence-corrected chi connectivity index (χ0v) is 24.4. The molecule has 32 heavy (non-hydrogen) atoms. The van der Waals surface area contributed by atoms with E-state index in [1.54, 1.807) is 0 Å². The van der Waals surface area contributed by atoms with Gasteiger partial charge < -0.3 is 13.3 Å². The summed E-state index contributed by atoms with van der Waals surface area (Å²) in [6, 6.07) is 0. The Labute approximate surface area is 201 Å². The van der Waals surface area contributed by atoms with Gasteiger partial charge in [-0.15, -0.1) is 11.8 Å². The van der Waals surface area contributed by atoms with Crippen molar-refractivity contribution in [1.82, 2.24) is 0 Å². The molecule has 0 aliphatic carbocycles. The molecule has 1 aromatic heterocycles. The highest BCUT2D eigenvalue weighted by Gasteiger charge is 2.27. The molecule has 0 unspecified atom stereocenters. The van der Waals surface area contributed by atoms with Crippen LogP contribution < -0.4 is 8.85 Å². The number of unbranched alkanes of at least 4 members (excludes halogenated alkanes) is 10. The van der Waals surface area contributed by atoms with Crippen molar-refractivity contribution in [3.8, 4) is 23.7 Å². The molecule has 0 saturated carbocycles. The molecule has 3 nitrogen and oxygen atoms in total. The van der Waals surface area contributed by atoms with Crippen molar-refractivity contribution < 1.29 is 13.3 Å². The maximum atomic E-state index is 6.27. The monoisotopic (exact) mass is 478 g/mol. The van der Waals surface area contributed by atoms with E-state index in [-0.39, 0.29) is 0 Å². The average Bonchev–Trinajstić information content (AvgIpc) is 2.93. The first kappa shape index (κ1) is 28.9. The highest BCUT2D eigenvalue weighted by atomic mass is 28.4. The topological polar surface area (TPSA) is 31.6 Å². The Morgan fingerprint density at radius 1 is 0.656 bits per heavy atom. The Morgan fingerprint density at radius 3 is 1.66 bits per heavy atom. The van der Waals surface area contributed by atoms with Crippen molar-refractivity contribution in [2.24, 2.45) is 0 Å². The van der Waals surface area contributed by atoms with Crippen LogP contribution in [0.1, 0.15) is 95.1 Å². The fraction of sp³-hybridized carbons (Fsp3) is 0.778. The zero-order valence-electron chi connectivity index (χ0n) is 22.4. The summed E-state index contributed by atoms with van der Waals surface area (Å²) >= 11 is 0. The molecule has 0 aliphatic heterocycles. The first-order valence-electron chi connectivity index (χ1n) is 13.0. The minimum Gasteiger partial charge on any atom is -0.519 e. The van der Waals surface area contributed by atoms with Crippen LogP contribution in [-0.4, -0.2) is 16.6 Å². The Bertz CT molecular complexity index is 699. The largest absolute Gasteiger partial charge is 0.519 e. The van der Waals surface area contributed by atoms with Gasteiger partial charge in [-0.3, -0.25) is 0 Å². The molecule has 0 radical (unpaired) electrons. The lowest BCUT2D eigenvalue weighted by atomic mass is 10.0. The minimum absolute atomic E-state index is 0.674. The Hall–Kier alpha value is -1.13. The van der Waals surface area contributed by atoms with Gasteiger partial charge in [0.05, 0.1) is 0 Å². The standard InChI is InChI=1S/C27H50O3Si2/c1-9-10-11-12-13-14-15-16-17-18-19-20-21-22-23-25-24(2)26(29-31(3,4)5)28-27(25)30-32(6,7)8/h9-15,18-23H2,1-8H3. The molecule has 0 N–H and O–H groups in total. The van der Waals surface area contributed by atoms with Gasteiger partial charge in [-0.25, -0.2) is 0 Å². The van der Waals surface area contributed by atoms with Crippen molar-refractivity contribution in [3.63, 3.8) is 0 Å². The molecule has 1 rings (SSSR count). The number of rotatable bonds is 16. The molecule has 0 aromatic carbocycles. The van der Waals surface area contributed by atoms with Gasteiger partial charge in [0.15, 0.2) is 0 Å². The van der Waals surface area contributed by atoms with Crippen LogP contribution in [0, 0.1) is 18.8 Å². The zero-order chi connectivity index (χ0) is 24.0. The second kappa shape index (κ2) is 14.9. The van der Waals surface area contributed by atoms with Crippen molar-refractivity contribution in [1.29, 1.82) is 0 Å². The van der Waals surface area contributed by atoms with Crippen molar-refractivity contribution in [2.45, 2.75) is 137 Å². The van der Waals surface area contributed by atoms with E-state index in [0.29, 0.717) is 11.9 Å². The van der Waals surface area contributed by atoms with E-state index in [2.05, 4.69) is 65.0 Å². The molecule has 0 fully saturated rings. The summed E-state index contributed by atoms with van der Waals surface area (Å²) in [4.78, 5) is 0. The second-order valence-corrected chi connectivity index (χ2v) is 19.9. The maximum Gasteiger partial charge on any atom is 0.277 e. The van der Waals surface area contributed by atoms with Crippen LogP contribution in [0.3, 0.4) is 0 Å². The van der Waals surface area contributed by atoms with Gasteiger partial charge in [0.25, 0.3) is 11.9 Å². The summed E-state index contributed by atoms with van der Waals surface area (Å²) in [5, 5.41) is 0. The van der Waals surface area contributed by atoms with Crippen LogP contribution in [0.2, 0.25) is 39.3 Å². The van der Waals surface area contributed by atoms with E-state index in [4.69, 9.17) is 13.3 Å². The van der Waals surface area contributed by atoms with E-state index in [1.165, 1.54) is 63.4 Å². The van der Waals surface area contributed by atoms with E-state index in [0.717, 1.165) is 31.2 Å². The van der Waals surface area contributed by atoms with Crippen molar-refractivity contribution >= 4 is 16.6 Å². The molecule has 184 valence electrons. The molecular formula is C27H50O3Si2. The van der Waals surface area contributed by atoms with Gasteiger partial charge in [-0.05, 0) is 71.9 Å². The summed E-state index contributed by atoms with van der Waals surface area (Å²) in [6.45, 7) is 17.5. The minimum atomic E-state index is -1.74. The lowest BCUT2D eigenvalue weighted by Crippen LogP contribution is -2.29. The predicted octanol–water partition coefficient (Wildman–Crippen LogP) is 9.26. The molecule has 0 saturated heterocycles. The average molecular weight is 479 g/mol. The second-order valence-electron chi connectivity index (χ2n) is 11.0. The molecular weight excluding hydrogens is 428 g/mol. The number of hydrogen-bond acceptors (Lipinski definition) is 3. The number of furan rings is 1. The lowest BCUT2D eigenvalue weighted by molar-refractivity contribution is 0.318. The van der Waals surface area contributed by atoms with Crippen LogP contribution in [0.4, 0.5) is 0 Å². The first-order chi connectivity index (χ1) is 15.0. The van der Waals surface area contributed by atoms with Gasteiger partial charge in [0, 0.05) is 24.0 Å². The van der Waals surface area contributed by atoms with E-state index in [9.17, 15) is 0 Å². The lowest BCUT2D eigenvalue weighted by Gasteiger charge is -2.18. The SMILES string of the molecule is CCCCCCCCC#CCCCCCCc1c(O[Si](C)(C)C)oc(O[Si](C)(C)C)c1C. The van der Waals surface area contributed by atoms with Crippen LogP contribution in [0.25, 0.3) is 0 Å². The maximum absolute atomic E-state index is 6.27.